The minimum absolute atomic E-state index is 0.0359. The van der Waals surface area contributed by atoms with Gasteiger partial charge in [0.05, 0.1) is 11.2 Å². The van der Waals surface area contributed by atoms with Crippen LogP contribution in [0.5, 0.6) is 0 Å². The van der Waals surface area contributed by atoms with Crippen molar-refractivity contribution in [2.75, 3.05) is 0 Å². The first-order chi connectivity index (χ1) is 5.91. The third kappa shape index (κ3) is 2.67. The van der Waals surface area contributed by atoms with Crippen molar-refractivity contribution in [3.63, 3.8) is 0 Å². The van der Waals surface area contributed by atoms with E-state index in [0.29, 0.717) is 19.3 Å². The number of carbonyl (C=O) groups is 1. The van der Waals surface area contributed by atoms with E-state index in [2.05, 4.69) is 0 Å². The molecule has 1 rings (SSSR count). The fourth-order valence-corrected chi connectivity index (χ4v) is 2.58. The van der Waals surface area contributed by atoms with Crippen LogP contribution in [0, 0.1) is 5.92 Å². The predicted molar refractivity (Wildman–Crippen MR) is 44.9 cm³/mol. The van der Waals surface area contributed by atoms with E-state index in [-0.39, 0.29) is 6.42 Å². The second-order valence-corrected chi connectivity index (χ2v) is 5.04. The Balaban J connectivity index is 2.67. The quantitative estimate of drug-likeness (QED) is 0.645. The van der Waals surface area contributed by atoms with Crippen LogP contribution in [0.15, 0.2) is 0 Å². The minimum atomic E-state index is -4.06. The Morgan fingerprint density at radius 1 is 1.31 bits per heavy atom. The first-order valence-electron chi connectivity index (χ1n) is 4.10. The lowest BCUT2D eigenvalue weighted by molar-refractivity contribution is -0.142. The van der Waals surface area contributed by atoms with Gasteiger partial charge in [0.15, 0.2) is 0 Å². The zero-order valence-electron chi connectivity index (χ0n) is 7.01. The van der Waals surface area contributed by atoms with Crippen LogP contribution in [-0.2, 0) is 14.9 Å². The molecule has 13 heavy (non-hydrogen) atoms. The molecule has 1 aliphatic carbocycles. The Labute approximate surface area is 76.5 Å². The topological polar surface area (TPSA) is 91.7 Å². The number of hydrogen-bond donors (Lipinski definition) is 2. The summed E-state index contributed by atoms with van der Waals surface area (Å²) in [5.41, 5.74) is 0. The molecule has 0 aromatic rings. The Bertz CT molecular complexity index is 294. The van der Waals surface area contributed by atoms with Gasteiger partial charge in [-0.3, -0.25) is 9.35 Å². The van der Waals surface area contributed by atoms with Crippen molar-refractivity contribution in [2.45, 2.75) is 30.9 Å². The van der Waals surface area contributed by atoms with Gasteiger partial charge in [-0.05, 0) is 19.3 Å². The number of carboxylic acid groups (broad SMARTS) is 1. The lowest BCUT2D eigenvalue weighted by Gasteiger charge is -2.23. The highest BCUT2D eigenvalue weighted by Crippen LogP contribution is 2.28. The molecule has 0 bridgehead atoms. The normalized spacial score (nSPS) is 29.9. The fraction of sp³-hybridized carbons (Fsp3) is 0.857. The van der Waals surface area contributed by atoms with Gasteiger partial charge in [0, 0.05) is 0 Å². The van der Waals surface area contributed by atoms with Crippen LogP contribution in [-0.4, -0.2) is 29.3 Å². The van der Waals surface area contributed by atoms with Gasteiger partial charge in [-0.25, -0.2) is 0 Å². The van der Waals surface area contributed by atoms with Crippen LogP contribution in [0.1, 0.15) is 25.7 Å². The van der Waals surface area contributed by atoms with Crippen LogP contribution in [0.25, 0.3) is 0 Å². The van der Waals surface area contributed by atoms with Crippen LogP contribution >= 0.6 is 0 Å². The maximum Gasteiger partial charge on any atom is 0.306 e. The van der Waals surface area contributed by atoms with Crippen molar-refractivity contribution in [3.05, 3.63) is 0 Å². The third-order valence-electron chi connectivity index (χ3n) is 2.40. The maximum absolute atomic E-state index is 10.7. The summed E-state index contributed by atoms with van der Waals surface area (Å²) in [4.78, 5) is 10.6. The standard InChI is InChI=1S/C7H12O5S/c8-7(9)5-2-1-3-6(4-5)13(10,11)12/h5-6H,1-4H2,(H,8,9)(H,10,11,12). The molecule has 0 aliphatic heterocycles. The van der Waals surface area contributed by atoms with Crippen LogP contribution in [0.3, 0.4) is 0 Å². The molecular formula is C7H12O5S. The smallest absolute Gasteiger partial charge is 0.306 e. The number of aliphatic carboxylic acids is 1. The molecule has 76 valence electrons. The number of hydrogen-bond acceptors (Lipinski definition) is 3. The van der Waals surface area contributed by atoms with Gasteiger partial charge in [0.1, 0.15) is 0 Å². The molecule has 0 saturated heterocycles. The summed E-state index contributed by atoms with van der Waals surface area (Å²) in [7, 11) is -4.06. The van der Waals surface area contributed by atoms with E-state index in [4.69, 9.17) is 9.66 Å². The average Bonchev–Trinajstić information content (AvgIpc) is 2.03. The predicted octanol–water partition coefficient (Wildman–Crippen LogP) is 0.518. The summed E-state index contributed by atoms with van der Waals surface area (Å²) in [5, 5.41) is 7.76. The fourth-order valence-electron chi connectivity index (χ4n) is 1.64. The summed E-state index contributed by atoms with van der Waals surface area (Å²) in [6.45, 7) is 0. The Hall–Kier alpha value is -0.620. The molecule has 2 unspecified atom stereocenters. The van der Waals surface area contributed by atoms with Crippen molar-refractivity contribution < 1.29 is 22.9 Å². The molecule has 2 atom stereocenters. The second-order valence-electron chi connectivity index (χ2n) is 3.34. The van der Waals surface area contributed by atoms with E-state index in [1.54, 1.807) is 0 Å². The average molecular weight is 208 g/mol. The highest BCUT2D eigenvalue weighted by molar-refractivity contribution is 7.86. The molecule has 6 heteroatoms. The van der Waals surface area contributed by atoms with Gasteiger partial charge < -0.3 is 5.11 Å². The van der Waals surface area contributed by atoms with Crippen LogP contribution in [0.4, 0.5) is 0 Å². The van der Waals surface area contributed by atoms with Crippen molar-refractivity contribution in [3.8, 4) is 0 Å². The van der Waals surface area contributed by atoms with Gasteiger partial charge in [-0.1, -0.05) is 6.42 Å². The summed E-state index contributed by atoms with van der Waals surface area (Å²) in [6.07, 6.45) is 1.44. The van der Waals surface area contributed by atoms with Gasteiger partial charge >= 0.3 is 5.97 Å². The minimum Gasteiger partial charge on any atom is -0.481 e. The van der Waals surface area contributed by atoms with Crippen LogP contribution in [0.2, 0.25) is 0 Å². The first kappa shape index (κ1) is 10.5. The molecule has 0 aromatic carbocycles. The number of rotatable bonds is 2. The largest absolute Gasteiger partial charge is 0.481 e. The molecule has 0 heterocycles. The lowest BCUT2D eigenvalue weighted by Crippen LogP contribution is -2.31. The van der Waals surface area contributed by atoms with Gasteiger partial charge in [-0.15, -0.1) is 0 Å². The highest BCUT2D eigenvalue weighted by atomic mass is 32.2. The molecule has 1 aliphatic rings. The maximum atomic E-state index is 10.7. The summed E-state index contributed by atoms with van der Waals surface area (Å²) >= 11 is 0. The Morgan fingerprint density at radius 3 is 2.38 bits per heavy atom. The molecule has 0 amide bonds. The molecule has 0 spiro atoms. The van der Waals surface area contributed by atoms with Crippen molar-refractivity contribution in [2.24, 2.45) is 5.92 Å². The molecule has 0 radical (unpaired) electrons. The monoisotopic (exact) mass is 208 g/mol. The number of carboxylic acids is 1. The zero-order valence-corrected chi connectivity index (χ0v) is 7.83. The van der Waals surface area contributed by atoms with E-state index in [1.807, 2.05) is 0 Å². The molecule has 0 aromatic heterocycles. The van der Waals surface area contributed by atoms with Gasteiger partial charge in [0.2, 0.25) is 0 Å². The third-order valence-corrected chi connectivity index (χ3v) is 3.67. The molecule has 2 N–H and O–H groups in total. The second kappa shape index (κ2) is 3.63. The van der Waals surface area contributed by atoms with Crippen LogP contribution < -0.4 is 0 Å². The molecule has 1 saturated carbocycles. The molecule has 1 fully saturated rings. The van der Waals surface area contributed by atoms with E-state index < -0.39 is 27.3 Å². The summed E-state index contributed by atoms with van der Waals surface area (Å²) in [6, 6.07) is 0. The molecular weight excluding hydrogens is 196 g/mol. The highest BCUT2D eigenvalue weighted by Gasteiger charge is 2.33. The van der Waals surface area contributed by atoms with E-state index >= 15 is 0 Å². The van der Waals surface area contributed by atoms with Gasteiger partial charge in [-0.2, -0.15) is 8.42 Å². The van der Waals surface area contributed by atoms with E-state index in [0.717, 1.165) is 0 Å². The van der Waals surface area contributed by atoms with Gasteiger partial charge in [0.25, 0.3) is 10.1 Å². The SMILES string of the molecule is O=C(O)C1CCCC(S(=O)(=O)O)C1. The van der Waals surface area contributed by atoms with E-state index in [1.165, 1.54) is 0 Å². The lowest BCUT2D eigenvalue weighted by atomic mass is 9.89. The van der Waals surface area contributed by atoms with E-state index in [9.17, 15) is 13.2 Å². The summed E-state index contributed by atoms with van der Waals surface area (Å²) < 4.78 is 30.2. The van der Waals surface area contributed by atoms with Crippen molar-refractivity contribution >= 4 is 16.1 Å². The zero-order chi connectivity index (χ0) is 10.1. The van der Waals surface area contributed by atoms with Crippen molar-refractivity contribution in [1.29, 1.82) is 0 Å². The summed E-state index contributed by atoms with van der Waals surface area (Å²) in [5.74, 6) is -1.60. The van der Waals surface area contributed by atoms with Crippen molar-refractivity contribution in [1.82, 2.24) is 0 Å². The first-order valence-corrected chi connectivity index (χ1v) is 5.60. The molecule has 5 nitrogen and oxygen atoms in total. The Morgan fingerprint density at radius 2 is 1.92 bits per heavy atom. The Kier molecular flexibility index (Phi) is 2.92.